The molecule has 0 saturated heterocycles. The summed E-state index contributed by atoms with van der Waals surface area (Å²) in [5.74, 6) is 0.938. The van der Waals surface area contributed by atoms with E-state index in [1.54, 1.807) is 11.3 Å². The van der Waals surface area contributed by atoms with Gasteiger partial charge in [-0.3, -0.25) is 0 Å². The molecule has 3 heteroatoms. The van der Waals surface area contributed by atoms with Crippen LogP contribution in [-0.4, -0.2) is 6.61 Å². The highest BCUT2D eigenvalue weighted by atomic mass is 32.1. The molecule has 0 atom stereocenters. The molecule has 0 spiro atoms. The predicted molar refractivity (Wildman–Crippen MR) is 79.3 cm³/mol. The summed E-state index contributed by atoms with van der Waals surface area (Å²) in [5.41, 5.74) is 8.24. The molecule has 0 aliphatic carbocycles. The summed E-state index contributed by atoms with van der Waals surface area (Å²) < 4.78 is 5.65. The van der Waals surface area contributed by atoms with Crippen molar-refractivity contribution in [3.05, 3.63) is 35.2 Å². The van der Waals surface area contributed by atoms with Gasteiger partial charge in [-0.25, -0.2) is 0 Å². The molecule has 0 fully saturated rings. The lowest BCUT2D eigenvalue weighted by atomic mass is 10.1. The van der Waals surface area contributed by atoms with Gasteiger partial charge in [0.1, 0.15) is 5.75 Å². The molecule has 1 aromatic carbocycles. The third-order valence-electron chi connectivity index (χ3n) is 2.87. The van der Waals surface area contributed by atoms with Crippen molar-refractivity contribution in [2.75, 3.05) is 12.3 Å². The summed E-state index contributed by atoms with van der Waals surface area (Å²) in [6, 6.07) is 10.3. The van der Waals surface area contributed by atoms with Crippen molar-refractivity contribution in [3.8, 4) is 16.9 Å². The van der Waals surface area contributed by atoms with Crippen LogP contribution in [0.2, 0.25) is 0 Å². The second-order valence-corrected chi connectivity index (χ2v) is 5.63. The van der Waals surface area contributed by atoms with E-state index in [-0.39, 0.29) is 0 Å². The van der Waals surface area contributed by atoms with Crippen LogP contribution in [0.3, 0.4) is 0 Å². The second kappa shape index (κ2) is 5.91. The van der Waals surface area contributed by atoms with E-state index in [0.717, 1.165) is 30.2 Å². The number of anilines is 1. The fourth-order valence-electron chi connectivity index (χ4n) is 1.86. The van der Waals surface area contributed by atoms with Gasteiger partial charge in [-0.2, -0.15) is 0 Å². The SMILES string of the molecule is CCCCOc1ccc(-c2cc(N)sc2C)cc1. The summed E-state index contributed by atoms with van der Waals surface area (Å²) in [6.07, 6.45) is 2.26. The predicted octanol–water partition coefficient (Wildman–Crippen LogP) is 4.48. The number of ether oxygens (including phenoxy) is 1. The Morgan fingerprint density at radius 2 is 1.94 bits per heavy atom. The van der Waals surface area contributed by atoms with E-state index >= 15 is 0 Å². The van der Waals surface area contributed by atoms with Gasteiger partial charge in [0, 0.05) is 4.88 Å². The Bertz CT molecular complexity index is 502. The zero-order valence-electron chi connectivity index (χ0n) is 10.9. The van der Waals surface area contributed by atoms with Crippen LogP contribution < -0.4 is 10.5 Å². The zero-order valence-corrected chi connectivity index (χ0v) is 11.7. The third-order valence-corrected chi connectivity index (χ3v) is 3.75. The maximum Gasteiger partial charge on any atom is 0.119 e. The van der Waals surface area contributed by atoms with Gasteiger partial charge in [-0.1, -0.05) is 25.5 Å². The smallest absolute Gasteiger partial charge is 0.119 e. The highest BCUT2D eigenvalue weighted by molar-refractivity contribution is 7.16. The quantitative estimate of drug-likeness (QED) is 0.805. The molecule has 2 aromatic rings. The molecule has 18 heavy (non-hydrogen) atoms. The average molecular weight is 261 g/mol. The van der Waals surface area contributed by atoms with E-state index < -0.39 is 0 Å². The average Bonchev–Trinajstić information content (AvgIpc) is 2.70. The van der Waals surface area contributed by atoms with Crippen molar-refractivity contribution in [3.63, 3.8) is 0 Å². The third kappa shape index (κ3) is 3.05. The molecule has 0 saturated carbocycles. The Hall–Kier alpha value is -1.48. The number of rotatable bonds is 5. The van der Waals surface area contributed by atoms with Gasteiger partial charge in [0.05, 0.1) is 11.6 Å². The molecule has 0 radical (unpaired) electrons. The van der Waals surface area contributed by atoms with Crippen LogP contribution in [0.15, 0.2) is 30.3 Å². The van der Waals surface area contributed by atoms with Crippen LogP contribution in [0.25, 0.3) is 11.1 Å². The molecule has 0 amide bonds. The number of benzene rings is 1. The molecular weight excluding hydrogens is 242 g/mol. The molecule has 0 aliphatic heterocycles. The Balaban J connectivity index is 2.10. The number of hydrogen-bond acceptors (Lipinski definition) is 3. The fourth-order valence-corrected chi connectivity index (χ4v) is 2.67. The summed E-state index contributed by atoms with van der Waals surface area (Å²) in [5, 5.41) is 0.866. The van der Waals surface area contributed by atoms with Gasteiger partial charge in [0.2, 0.25) is 0 Å². The Morgan fingerprint density at radius 1 is 1.22 bits per heavy atom. The van der Waals surface area contributed by atoms with Gasteiger partial charge in [0.25, 0.3) is 0 Å². The normalized spacial score (nSPS) is 10.6. The first-order chi connectivity index (χ1) is 8.70. The van der Waals surface area contributed by atoms with Gasteiger partial charge < -0.3 is 10.5 Å². The van der Waals surface area contributed by atoms with Gasteiger partial charge in [-0.05, 0) is 42.7 Å². The first-order valence-corrected chi connectivity index (χ1v) is 7.11. The highest BCUT2D eigenvalue weighted by Gasteiger charge is 2.06. The number of nitrogen functional groups attached to an aromatic ring is 1. The Morgan fingerprint density at radius 3 is 2.50 bits per heavy atom. The van der Waals surface area contributed by atoms with E-state index in [1.807, 2.05) is 18.2 Å². The maximum atomic E-state index is 5.82. The highest BCUT2D eigenvalue weighted by Crippen LogP contribution is 2.33. The summed E-state index contributed by atoms with van der Waals surface area (Å²) >= 11 is 1.63. The van der Waals surface area contributed by atoms with Crippen LogP contribution in [0.4, 0.5) is 5.00 Å². The second-order valence-electron chi connectivity index (χ2n) is 4.35. The van der Waals surface area contributed by atoms with Gasteiger partial charge >= 0.3 is 0 Å². The van der Waals surface area contributed by atoms with Crippen LogP contribution in [-0.2, 0) is 0 Å². The number of unbranched alkanes of at least 4 members (excludes halogenated alkanes) is 1. The molecule has 0 aliphatic rings. The molecule has 2 rings (SSSR count). The molecular formula is C15H19NOS. The lowest BCUT2D eigenvalue weighted by Crippen LogP contribution is -1.95. The monoisotopic (exact) mass is 261 g/mol. The first kappa shape index (κ1) is 13.0. The summed E-state index contributed by atoms with van der Waals surface area (Å²) in [6.45, 7) is 5.05. The van der Waals surface area contributed by atoms with Crippen LogP contribution >= 0.6 is 11.3 Å². The minimum Gasteiger partial charge on any atom is -0.494 e. The van der Waals surface area contributed by atoms with E-state index in [9.17, 15) is 0 Å². The van der Waals surface area contributed by atoms with Crippen LogP contribution in [0, 0.1) is 6.92 Å². The summed E-state index contributed by atoms with van der Waals surface area (Å²) in [4.78, 5) is 1.26. The molecule has 96 valence electrons. The van der Waals surface area contributed by atoms with Crippen molar-refractivity contribution in [1.29, 1.82) is 0 Å². The molecule has 0 bridgehead atoms. The number of hydrogen-bond donors (Lipinski definition) is 1. The topological polar surface area (TPSA) is 35.2 Å². The van der Waals surface area contributed by atoms with Crippen molar-refractivity contribution >= 4 is 16.3 Å². The number of nitrogens with two attached hydrogens (primary N) is 1. The standard InChI is InChI=1S/C15H19NOS/c1-3-4-9-17-13-7-5-12(6-8-13)14-10-15(16)18-11(14)2/h5-8,10H,3-4,9,16H2,1-2H3. The Kier molecular flexibility index (Phi) is 4.26. The van der Waals surface area contributed by atoms with Crippen LogP contribution in [0.5, 0.6) is 5.75 Å². The van der Waals surface area contributed by atoms with Gasteiger partial charge in [0.15, 0.2) is 0 Å². The molecule has 2 nitrogen and oxygen atoms in total. The molecule has 1 heterocycles. The first-order valence-electron chi connectivity index (χ1n) is 6.30. The molecule has 2 N–H and O–H groups in total. The fraction of sp³-hybridized carbons (Fsp3) is 0.333. The number of thiophene rings is 1. The zero-order chi connectivity index (χ0) is 13.0. The van der Waals surface area contributed by atoms with E-state index in [1.165, 1.54) is 16.0 Å². The van der Waals surface area contributed by atoms with Crippen molar-refractivity contribution in [1.82, 2.24) is 0 Å². The van der Waals surface area contributed by atoms with E-state index in [0.29, 0.717) is 0 Å². The Labute approximate surface area is 112 Å². The largest absolute Gasteiger partial charge is 0.494 e. The van der Waals surface area contributed by atoms with Crippen molar-refractivity contribution in [2.45, 2.75) is 26.7 Å². The van der Waals surface area contributed by atoms with Gasteiger partial charge in [-0.15, -0.1) is 11.3 Å². The van der Waals surface area contributed by atoms with Crippen molar-refractivity contribution < 1.29 is 4.74 Å². The van der Waals surface area contributed by atoms with Crippen molar-refractivity contribution in [2.24, 2.45) is 0 Å². The van der Waals surface area contributed by atoms with E-state index in [4.69, 9.17) is 10.5 Å². The maximum absolute atomic E-state index is 5.82. The van der Waals surface area contributed by atoms with E-state index in [2.05, 4.69) is 26.0 Å². The van der Waals surface area contributed by atoms with Crippen LogP contribution in [0.1, 0.15) is 24.6 Å². The summed E-state index contributed by atoms with van der Waals surface area (Å²) in [7, 11) is 0. The molecule has 0 unspecified atom stereocenters. The lowest BCUT2D eigenvalue weighted by Gasteiger charge is -2.06. The number of aryl methyl sites for hydroxylation is 1. The minimum absolute atomic E-state index is 0.792. The molecule has 1 aromatic heterocycles. The lowest BCUT2D eigenvalue weighted by molar-refractivity contribution is 0.309. The minimum atomic E-state index is 0.792.